The quantitative estimate of drug-likeness (QED) is 0.521. The molecule has 3 nitrogen and oxygen atoms in total. The molecule has 0 unspecified atom stereocenters. The number of unbranched alkanes of at least 4 members (excludes halogenated alkanes) is 4. The standard InChI is InChI=1S/C12H22O3S/c1-16-10-9-11(13)7-5-3-2-4-6-8-12(14)15/h2-10H2,1H3,(H,14,15)/p-1. The summed E-state index contributed by atoms with van der Waals surface area (Å²) in [6.07, 6.45) is 8.14. The lowest BCUT2D eigenvalue weighted by molar-refractivity contribution is -0.305. The van der Waals surface area contributed by atoms with Crippen LogP contribution in [-0.2, 0) is 9.59 Å². The average molecular weight is 245 g/mol. The number of carbonyl (C=O) groups is 2. The van der Waals surface area contributed by atoms with Gasteiger partial charge in [0.2, 0.25) is 0 Å². The summed E-state index contributed by atoms with van der Waals surface area (Å²) in [7, 11) is 0. The van der Waals surface area contributed by atoms with Gasteiger partial charge in [-0.05, 0) is 31.3 Å². The van der Waals surface area contributed by atoms with E-state index >= 15 is 0 Å². The molecule has 0 spiro atoms. The highest BCUT2D eigenvalue weighted by atomic mass is 32.2. The Morgan fingerprint density at radius 2 is 1.50 bits per heavy atom. The Balaban J connectivity index is 3.14. The number of hydrogen-bond acceptors (Lipinski definition) is 4. The summed E-state index contributed by atoms with van der Waals surface area (Å²) in [6.45, 7) is 0. The van der Waals surface area contributed by atoms with Gasteiger partial charge in [-0.25, -0.2) is 0 Å². The van der Waals surface area contributed by atoms with Gasteiger partial charge in [-0.15, -0.1) is 0 Å². The second-order valence-corrected chi connectivity index (χ2v) is 4.91. The van der Waals surface area contributed by atoms with Crippen molar-refractivity contribution in [2.24, 2.45) is 0 Å². The number of rotatable bonds is 11. The predicted molar refractivity (Wildman–Crippen MR) is 65.3 cm³/mol. The van der Waals surface area contributed by atoms with E-state index in [1.807, 2.05) is 6.26 Å². The molecule has 0 aliphatic heterocycles. The van der Waals surface area contributed by atoms with Gasteiger partial charge in [0.25, 0.3) is 0 Å². The van der Waals surface area contributed by atoms with Crippen molar-refractivity contribution in [2.45, 2.75) is 51.4 Å². The second-order valence-electron chi connectivity index (χ2n) is 3.92. The molecule has 0 aliphatic carbocycles. The van der Waals surface area contributed by atoms with E-state index in [-0.39, 0.29) is 6.42 Å². The number of aliphatic carboxylic acids is 1. The largest absolute Gasteiger partial charge is 0.550 e. The van der Waals surface area contributed by atoms with E-state index < -0.39 is 5.97 Å². The third-order valence-corrected chi connectivity index (χ3v) is 3.03. The average Bonchev–Trinajstić information content (AvgIpc) is 2.24. The summed E-state index contributed by atoms with van der Waals surface area (Å²) < 4.78 is 0. The molecule has 0 rings (SSSR count). The van der Waals surface area contributed by atoms with Crippen molar-refractivity contribution in [3.8, 4) is 0 Å². The van der Waals surface area contributed by atoms with Crippen LogP contribution in [0.3, 0.4) is 0 Å². The van der Waals surface area contributed by atoms with Crippen LogP contribution in [0.4, 0.5) is 0 Å². The summed E-state index contributed by atoms with van der Waals surface area (Å²) in [5, 5.41) is 10.1. The van der Waals surface area contributed by atoms with Crippen LogP contribution in [0.5, 0.6) is 0 Å². The number of carboxylic acids is 1. The maximum Gasteiger partial charge on any atom is 0.133 e. The summed E-state index contributed by atoms with van der Waals surface area (Å²) in [5.41, 5.74) is 0. The number of carbonyl (C=O) groups excluding carboxylic acids is 2. The van der Waals surface area contributed by atoms with E-state index in [2.05, 4.69) is 0 Å². The van der Waals surface area contributed by atoms with Crippen LogP contribution in [0, 0.1) is 0 Å². The van der Waals surface area contributed by atoms with Gasteiger partial charge in [-0.3, -0.25) is 4.79 Å². The highest BCUT2D eigenvalue weighted by Crippen LogP contribution is 2.08. The molecule has 0 saturated heterocycles. The molecule has 0 N–H and O–H groups in total. The van der Waals surface area contributed by atoms with Crippen LogP contribution in [0.15, 0.2) is 0 Å². The Hall–Kier alpha value is -0.510. The van der Waals surface area contributed by atoms with E-state index in [0.29, 0.717) is 25.0 Å². The van der Waals surface area contributed by atoms with Crippen molar-refractivity contribution in [2.75, 3.05) is 12.0 Å². The fourth-order valence-electron chi connectivity index (χ4n) is 1.46. The predicted octanol–water partition coefficient (Wildman–Crippen LogP) is 1.79. The first kappa shape index (κ1) is 15.5. The zero-order valence-corrected chi connectivity index (χ0v) is 10.8. The lowest BCUT2D eigenvalue weighted by Crippen LogP contribution is -2.21. The van der Waals surface area contributed by atoms with Crippen molar-refractivity contribution in [3.05, 3.63) is 0 Å². The van der Waals surface area contributed by atoms with Crippen LogP contribution >= 0.6 is 11.8 Å². The Morgan fingerprint density at radius 1 is 0.938 bits per heavy atom. The van der Waals surface area contributed by atoms with Crippen molar-refractivity contribution >= 4 is 23.5 Å². The van der Waals surface area contributed by atoms with Crippen molar-refractivity contribution < 1.29 is 14.7 Å². The minimum absolute atomic E-state index is 0.159. The molecule has 94 valence electrons. The van der Waals surface area contributed by atoms with Gasteiger partial charge in [-0.1, -0.05) is 19.3 Å². The first-order valence-corrected chi connectivity index (χ1v) is 7.26. The lowest BCUT2D eigenvalue weighted by Gasteiger charge is -2.02. The zero-order chi connectivity index (χ0) is 12.2. The third-order valence-electron chi connectivity index (χ3n) is 2.42. The summed E-state index contributed by atoms with van der Waals surface area (Å²) in [6, 6.07) is 0. The number of thioether (sulfide) groups is 1. The molecule has 0 heterocycles. The van der Waals surface area contributed by atoms with Crippen molar-refractivity contribution in [1.29, 1.82) is 0 Å². The Bertz CT molecular complexity index is 204. The van der Waals surface area contributed by atoms with E-state index in [0.717, 1.165) is 31.4 Å². The Morgan fingerprint density at radius 3 is 2.06 bits per heavy atom. The number of ketones is 1. The fraction of sp³-hybridized carbons (Fsp3) is 0.833. The molecule has 16 heavy (non-hydrogen) atoms. The van der Waals surface area contributed by atoms with Crippen LogP contribution in [-0.4, -0.2) is 23.8 Å². The first-order chi connectivity index (χ1) is 7.66. The molecule has 0 aliphatic rings. The molecule has 0 saturated carbocycles. The highest BCUT2D eigenvalue weighted by molar-refractivity contribution is 7.98. The monoisotopic (exact) mass is 245 g/mol. The highest BCUT2D eigenvalue weighted by Gasteiger charge is 2.00. The van der Waals surface area contributed by atoms with Gasteiger partial charge < -0.3 is 9.90 Å². The Kier molecular flexibility index (Phi) is 10.6. The van der Waals surface area contributed by atoms with Gasteiger partial charge >= 0.3 is 0 Å². The minimum Gasteiger partial charge on any atom is -0.550 e. The smallest absolute Gasteiger partial charge is 0.133 e. The summed E-state index contributed by atoms with van der Waals surface area (Å²) >= 11 is 1.70. The van der Waals surface area contributed by atoms with Crippen LogP contribution in [0.2, 0.25) is 0 Å². The first-order valence-electron chi connectivity index (χ1n) is 5.87. The Labute approximate surface area is 102 Å². The lowest BCUT2D eigenvalue weighted by atomic mass is 10.1. The van der Waals surface area contributed by atoms with E-state index in [4.69, 9.17) is 0 Å². The molecule has 0 radical (unpaired) electrons. The molecular formula is C12H21O3S-. The van der Waals surface area contributed by atoms with E-state index in [9.17, 15) is 14.7 Å². The third kappa shape index (κ3) is 11.6. The van der Waals surface area contributed by atoms with Gasteiger partial charge in [-0.2, -0.15) is 11.8 Å². The molecule has 0 aromatic rings. The molecule has 0 bridgehead atoms. The topological polar surface area (TPSA) is 57.2 Å². The van der Waals surface area contributed by atoms with Gasteiger partial charge in [0, 0.05) is 18.8 Å². The molecule has 0 aromatic carbocycles. The fourth-order valence-corrected chi connectivity index (χ4v) is 1.89. The van der Waals surface area contributed by atoms with Gasteiger partial charge in [0.15, 0.2) is 0 Å². The number of Topliss-reactive ketones (excluding diaryl/α,β-unsaturated/α-hetero) is 1. The molecule has 0 amide bonds. The van der Waals surface area contributed by atoms with Crippen LogP contribution < -0.4 is 5.11 Å². The summed E-state index contributed by atoms with van der Waals surface area (Å²) in [5.74, 6) is 0.307. The second kappa shape index (κ2) is 11.0. The molecular weight excluding hydrogens is 224 g/mol. The van der Waals surface area contributed by atoms with Crippen LogP contribution in [0.1, 0.15) is 51.4 Å². The maximum atomic E-state index is 11.3. The molecule has 4 heteroatoms. The van der Waals surface area contributed by atoms with Gasteiger partial charge in [0.1, 0.15) is 5.78 Å². The van der Waals surface area contributed by atoms with Crippen molar-refractivity contribution in [3.63, 3.8) is 0 Å². The normalized spacial score (nSPS) is 10.3. The molecule has 0 atom stereocenters. The van der Waals surface area contributed by atoms with E-state index in [1.165, 1.54) is 0 Å². The summed E-state index contributed by atoms with van der Waals surface area (Å²) in [4.78, 5) is 21.4. The van der Waals surface area contributed by atoms with Crippen LogP contribution in [0.25, 0.3) is 0 Å². The SMILES string of the molecule is CSCCC(=O)CCCCCCCC(=O)[O-]. The number of hydrogen-bond donors (Lipinski definition) is 0. The molecule has 0 fully saturated rings. The van der Waals surface area contributed by atoms with E-state index in [1.54, 1.807) is 11.8 Å². The maximum absolute atomic E-state index is 11.3. The number of carboxylic acid groups (broad SMARTS) is 1. The zero-order valence-electron chi connectivity index (χ0n) is 10.00. The minimum atomic E-state index is -0.966. The van der Waals surface area contributed by atoms with Crippen molar-refractivity contribution in [1.82, 2.24) is 0 Å². The molecule has 0 aromatic heterocycles. The van der Waals surface area contributed by atoms with Gasteiger partial charge in [0.05, 0.1) is 0 Å².